The Bertz CT molecular complexity index is 1190. The molecule has 2 aromatic rings. The van der Waals surface area contributed by atoms with Crippen LogP contribution in [0.25, 0.3) is 0 Å². The molecule has 2 atom stereocenters. The Hall–Kier alpha value is -3.24. The molecule has 1 fully saturated rings. The van der Waals surface area contributed by atoms with Gasteiger partial charge in [-0.3, -0.25) is 9.59 Å². The highest BCUT2D eigenvalue weighted by Gasteiger charge is 2.40. The first-order valence-electron chi connectivity index (χ1n) is 11.9. The van der Waals surface area contributed by atoms with Crippen LogP contribution in [0.15, 0.2) is 53.4 Å². The molecule has 0 bridgehead atoms. The van der Waals surface area contributed by atoms with Crippen LogP contribution in [0, 0.1) is 6.92 Å². The van der Waals surface area contributed by atoms with Crippen molar-refractivity contribution in [3.63, 3.8) is 0 Å². The molecule has 10 heteroatoms. The summed E-state index contributed by atoms with van der Waals surface area (Å²) in [6, 6.07) is 11.5. The van der Waals surface area contributed by atoms with Gasteiger partial charge in [0.15, 0.2) is 0 Å². The van der Waals surface area contributed by atoms with Crippen molar-refractivity contribution in [1.29, 1.82) is 0 Å². The summed E-state index contributed by atoms with van der Waals surface area (Å²) in [7, 11) is -3.88. The number of ether oxygens (including phenoxy) is 1. The molecule has 0 radical (unpaired) electrons. The predicted octanol–water partition coefficient (Wildman–Crippen LogP) is 2.79. The number of nitrogens with one attached hydrogen (secondary N) is 2. The second-order valence-corrected chi connectivity index (χ2v) is 11.1. The van der Waals surface area contributed by atoms with Gasteiger partial charge in [-0.25, -0.2) is 13.2 Å². The molecule has 1 saturated heterocycles. The summed E-state index contributed by atoms with van der Waals surface area (Å²) in [5.74, 6) is -1.34. The summed E-state index contributed by atoms with van der Waals surface area (Å²) in [6.07, 6.45) is 0.655. The van der Waals surface area contributed by atoms with E-state index in [0.29, 0.717) is 18.5 Å². The van der Waals surface area contributed by atoms with E-state index in [2.05, 4.69) is 10.6 Å². The van der Waals surface area contributed by atoms with E-state index in [4.69, 9.17) is 4.74 Å². The smallest absolute Gasteiger partial charge is 0.329 e. The Kier molecular flexibility index (Phi) is 8.86. The maximum atomic E-state index is 13.3. The zero-order valence-electron chi connectivity index (χ0n) is 21.0. The van der Waals surface area contributed by atoms with Crippen LogP contribution >= 0.6 is 0 Å². The molecule has 2 aromatic carbocycles. The molecule has 2 amide bonds. The van der Waals surface area contributed by atoms with E-state index in [1.165, 1.54) is 23.4 Å². The number of anilines is 1. The van der Waals surface area contributed by atoms with Gasteiger partial charge in [-0.2, -0.15) is 4.31 Å². The molecule has 0 unspecified atom stereocenters. The van der Waals surface area contributed by atoms with Crippen LogP contribution in [0.3, 0.4) is 0 Å². The van der Waals surface area contributed by atoms with Crippen LogP contribution in [0.4, 0.5) is 5.69 Å². The molecule has 3 rings (SSSR count). The minimum atomic E-state index is -3.88. The Balaban J connectivity index is 1.78. The maximum Gasteiger partial charge on any atom is 0.329 e. The Morgan fingerprint density at radius 3 is 2.28 bits per heavy atom. The molecule has 0 aromatic heterocycles. The number of nitrogens with zero attached hydrogens (tertiary/aromatic N) is 1. The number of rotatable bonds is 9. The number of esters is 1. The fourth-order valence-corrected chi connectivity index (χ4v) is 5.73. The number of hydrogen-bond donors (Lipinski definition) is 2. The average Bonchev–Trinajstić information content (AvgIpc) is 3.30. The first kappa shape index (κ1) is 27.3. The van der Waals surface area contributed by atoms with Crippen molar-refractivity contribution in [3.8, 4) is 0 Å². The van der Waals surface area contributed by atoms with Gasteiger partial charge in [-0.05, 0) is 63.4 Å². The van der Waals surface area contributed by atoms with Crippen LogP contribution in [-0.4, -0.2) is 55.2 Å². The molecule has 0 spiro atoms. The van der Waals surface area contributed by atoms with Gasteiger partial charge in [0.2, 0.25) is 21.8 Å². The number of carbonyl (C=O) groups excluding carboxylic acids is 3. The normalized spacial score (nSPS) is 17.0. The average molecular weight is 516 g/mol. The predicted molar refractivity (Wildman–Crippen MR) is 136 cm³/mol. The summed E-state index contributed by atoms with van der Waals surface area (Å²) >= 11 is 0. The van der Waals surface area contributed by atoms with E-state index in [0.717, 1.165) is 11.1 Å². The molecule has 1 aliphatic heterocycles. The number of hydrogen-bond acceptors (Lipinski definition) is 6. The highest BCUT2D eigenvalue weighted by Crippen LogP contribution is 2.27. The maximum absolute atomic E-state index is 13.3. The van der Waals surface area contributed by atoms with Gasteiger partial charge in [0.05, 0.1) is 11.0 Å². The second kappa shape index (κ2) is 11.7. The summed E-state index contributed by atoms with van der Waals surface area (Å²) < 4.78 is 33.1. The third-order valence-corrected chi connectivity index (χ3v) is 7.72. The number of amides is 2. The number of benzene rings is 2. The van der Waals surface area contributed by atoms with E-state index in [1.807, 2.05) is 6.92 Å². The molecule has 0 aliphatic carbocycles. The molecule has 0 saturated carbocycles. The SMILES string of the molecule is CC(=O)Nc1ccc(C[C@H](NC(=O)[C@@H]2CCCN2S(=O)(=O)c2ccc(C)cc2)C(=O)OC(C)C)cc1. The summed E-state index contributed by atoms with van der Waals surface area (Å²) in [5.41, 5.74) is 2.28. The lowest BCUT2D eigenvalue weighted by molar-refractivity contribution is -0.151. The number of aryl methyl sites for hydroxylation is 1. The van der Waals surface area contributed by atoms with Gasteiger partial charge in [-0.15, -0.1) is 0 Å². The standard InChI is InChI=1S/C26H33N3O6S/c1-17(2)35-26(32)23(16-20-9-11-21(12-10-20)27-19(4)30)28-25(31)24-6-5-15-29(24)36(33,34)22-13-7-18(3)8-14-22/h7-14,17,23-24H,5-6,15-16H2,1-4H3,(H,27,30)(H,28,31)/t23-,24-/m0/s1. The fraction of sp³-hybridized carbons (Fsp3) is 0.423. The van der Waals surface area contributed by atoms with E-state index in [1.54, 1.807) is 50.2 Å². The largest absolute Gasteiger partial charge is 0.461 e. The van der Waals surface area contributed by atoms with Crippen molar-refractivity contribution < 1.29 is 27.5 Å². The zero-order chi connectivity index (χ0) is 26.5. The first-order chi connectivity index (χ1) is 17.0. The molecular weight excluding hydrogens is 482 g/mol. The topological polar surface area (TPSA) is 122 Å². The third kappa shape index (κ3) is 6.92. The van der Waals surface area contributed by atoms with E-state index in [9.17, 15) is 22.8 Å². The quantitative estimate of drug-likeness (QED) is 0.495. The van der Waals surface area contributed by atoms with Crippen LogP contribution in [0.1, 0.15) is 44.7 Å². The Labute approximate surface area is 212 Å². The minimum Gasteiger partial charge on any atom is -0.461 e. The first-order valence-corrected chi connectivity index (χ1v) is 13.4. The highest BCUT2D eigenvalue weighted by molar-refractivity contribution is 7.89. The fourth-order valence-electron chi connectivity index (χ4n) is 4.07. The van der Waals surface area contributed by atoms with Gasteiger partial charge < -0.3 is 15.4 Å². The lowest BCUT2D eigenvalue weighted by atomic mass is 10.0. The zero-order valence-corrected chi connectivity index (χ0v) is 21.8. The molecule has 1 aliphatic rings. The number of sulfonamides is 1. The summed E-state index contributed by atoms with van der Waals surface area (Å²) in [6.45, 7) is 6.93. The van der Waals surface area contributed by atoms with E-state index in [-0.39, 0.29) is 29.9 Å². The molecule has 1 heterocycles. The Morgan fingerprint density at radius 1 is 1.06 bits per heavy atom. The van der Waals surface area contributed by atoms with Gasteiger partial charge in [0, 0.05) is 25.6 Å². The monoisotopic (exact) mass is 515 g/mol. The second-order valence-electron chi connectivity index (χ2n) is 9.22. The van der Waals surface area contributed by atoms with Crippen LogP contribution in [-0.2, 0) is 35.6 Å². The Morgan fingerprint density at radius 2 is 1.69 bits per heavy atom. The summed E-state index contributed by atoms with van der Waals surface area (Å²) in [4.78, 5) is 37.5. The van der Waals surface area contributed by atoms with Crippen molar-refractivity contribution in [1.82, 2.24) is 9.62 Å². The van der Waals surface area contributed by atoms with Crippen molar-refractivity contribution in [2.24, 2.45) is 0 Å². The van der Waals surface area contributed by atoms with Gasteiger partial charge in [-0.1, -0.05) is 29.8 Å². The minimum absolute atomic E-state index is 0.128. The van der Waals surface area contributed by atoms with Crippen LogP contribution in [0.5, 0.6) is 0 Å². The van der Waals surface area contributed by atoms with E-state index < -0.39 is 34.0 Å². The highest BCUT2D eigenvalue weighted by atomic mass is 32.2. The lowest BCUT2D eigenvalue weighted by Gasteiger charge is -2.26. The summed E-state index contributed by atoms with van der Waals surface area (Å²) in [5, 5.41) is 5.41. The third-order valence-electron chi connectivity index (χ3n) is 5.80. The van der Waals surface area contributed by atoms with Gasteiger partial charge in [0.25, 0.3) is 0 Å². The van der Waals surface area contributed by atoms with Crippen molar-refractivity contribution in [2.75, 3.05) is 11.9 Å². The van der Waals surface area contributed by atoms with Gasteiger partial charge in [0.1, 0.15) is 12.1 Å². The number of carbonyl (C=O) groups is 3. The van der Waals surface area contributed by atoms with Crippen molar-refractivity contribution >= 4 is 33.5 Å². The van der Waals surface area contributed by atoms with Gasteiger partial charge >= 0.3 is 5.97 Å². The van der Waals surface area contributed by atoms with Crippen molar-refractivity contribution in [2.45, 2.75) is 70.0 Å². The van der Waals surface area contributed by atoms with Crippen LogP contribution in [0.2, 0.25) is 0 Å². The lowest BCUT2D eigenvalue weighted by Crippen LogP contribution is -2.52. The molecule has 36 heavy (non-hydrogen) atoms. The molecule has 2 N–H and O–H groups in total. The van der Waals surface area contributed by atoms with Crippen LogP contribution < -0.4 is 10.6 Å². The van der Waals surface area contributed by atoms with E-state index >= 15 is 0 Å². The molecule has 9 nitrogen and oxygen atoms in total. The molecular formula is C26H33N3O6S. The van der Waals surface area contributed by atoms with Crippen molar-refractivity contribution in [3.05, 3.63) is 59.7 Å². The molecule has 194 valence electrons.